The summed E-state index contributed by atoms with van der Waals surface area (Å²) >= 11 is 0. The molecule has 1 heterocycles. The molecule has 0 unspecified atom stereocenters. The number of nitrogens with zero attached hydrogens (tertiary/aromatic N) is 2. The van der Waals surface area contributed by atoms with Gasteiger partial charge in [-0.2, -0.15) is 4.31 Å². The number of benzene rings is 3. The SMILES string of the molecule is COc1ccc(CN(C(=O)COc2ccc(S(=O)(=O)N3CCOCC3)cc2)[C@@H](Cc2ccccc2)C(=O)NCCCO)cc1. The van der Waals surface area contributed by atoms with Crippen molar-refractivity contribution >= 4 is 21.8 Å². The number of rotatable bonds is 15. The number of sulfonamides is 1. The van der Waals surface area contributed by atoms with Crippen molar-refractivity contribution in [2.75, 3.05) is 53.2 Å². The van der Waals surface area contributed by atoms with E-state index in [1.54, 1.807) is 19.2 Å². The van der Waals surface area contributed by atoms with Crippen LogP contribution >= 0.6 is 0 Å². The zero-order valence-electron chi connectivity index (χ0n) is 24.8. The molecule has 236 valence electrons. The number of ether oxygens (including phenoxy) is 3. The average molecular weight is 626 g/mol. The van der Waals surface area contributed by atoms with Gasteiger partial charge in [0.25, 0.3) is 5.91 Å². The second kappa shape index (κ2) is 16.2. The van der Waals surface area contributed by atoms with Crippen molar-refractivity contribution in [2.24, 2.45) is 0 Å². The van der Waals surface area contributed by atoms with Crippen molar-refractivity contribution in [3.8, 4) is 11.5 Å². The Hall–Kier alpha value is -3.97. The minimum atomic E-state index is -3.67. The summed E-state index contributed by atoms with van der Waals surface area (Å²) in [5.74, 6) is 0.207. The van der Waals surface area contributed by atoms with Crippen LogP contribution in [-0.2, 0) is 37.3 Å². The van der Waals surface area contributed by atoms with Gasteiger partial charge < -0.3 is 29.5 Å². The fraction of sp³-hybridized carbons (Fsp3) is 0.375. The van der Waals surface area contributed by atoms with E-state index in [0.29, 0.717) is 31.1 Å². The highest BCUT2D eigenvalue weighted by atomic mass is 32.2. The first-order chi connectivity index (χ1) is 21.3. The second-order valence-electron chi connectivity index (χ2n) is 10.2. The van der Waals surface area contributed by atoms with E-state index in [1.807, 2.05) is 42.5 Å². The van der Waals surface area contributed by atoms with Gasteiger partial charge in [0.15, 0.2) is 6.61 Å². The summed E-state index contributed by atoms with van der Waals surface area (Å²) in [5.41, 5.74) is 1.67. The molecule has 11 nitrogen and oxygen atoms in total. The zero-order valence-corrected chi connectivity index (χ0v) is 25.6. The monoisotopic (exact) mass is 625 g/mol. The van der Waals surface area contributed by atoms with Gasteiger partial charge in [0.2, 0.25) is 15.9 Å². The van der Waals surface area contributed by atoms with Gasteiger partial charge in [-0.3, -0.25) is 9.59 Å². The number of hydrogen-bond donors (Lipinski definition) is 2. The van der Waals surface area contributed by atoms with E-state index in [4.69, 9.17) is 14.2 Å². The van der Waals surface area contributed by atoms with Gasteiger partial charge in [-0.1, -0.05) is 42.5 Å². The summed E-state index contributed by atoms with van der Waals surface area (Å²) < 4.78 is 43.6. The second-order valence-corrected chi connectivity index (χ2v) is 12.2. The molecule has 12 heteroatoms. The molecule has 0 aliphatic carbocycles. The molecule has 1 saturated heterocycles. The van der Waals surface area contributed by atoms with E-state index in [1.165, 1.54) is 33.5 Å². The number of hydrogen-bond acceptors (Lipinski definition) is 8. The molecule has 44 heavy (non-hydrogen) atoms. The van der Waals surface area contributed by atoms with Gasteiger partial charge in [0.05, 0.1) is 25.2 Å². The summed E-state index contributed by atoms with van der Waals surface area (Å²) in [6.45, 7) is 1.23. The number of amides is 2. The molecular formula is C32H39N3O8S. The summed E-state index contributed by atoms with van der Waals surface area (Å²) in [7, 11) is -2.10. The Balaban J connectivity index is 1.54. The molecule has 1 atom stereocenters. The molecule has 3 aromatic rings. The third-order valence-electron chi connectivity index (χ3n) is 7.21. The van der Waals surface area contributed by atoms with E-state index in [-0.39, 0.29) is 56.6 Å². The van der Waals surface area contributed by atoms with E-state index in [2.05, 4.69) is 5.32 Å². The standard InChI is InChI=1S/C32H39N3O8S/c1-41-27-10-8-26(9-11-27)23-35(30(32(38)33-16-5-19-36)22-25-6-3-2-4-7-25)31(37)24-43-28-12-14-29(15-13-28)44(39,40)34-17-20-42-21-18-34/h2-4,6-15,30,36H,5,16-24H2,1H3,(H,33,38)/t30-/m0/s1. The molecule has 2 amide bonds. The third kappa shape index (κ3) is 9.02. The molecule has 1 aliphatic heterocycles. The topological polar surface area (TPSA) is 135 Å². The van der Waals surface area contributed by atoms with Gasteiger partial charge in [-0.15, -0.1) is 0 Å². The molecule has 0 saturated carbocycles. The van der Waals surface area contributed by atoms with Crippen molar-refractivity contribution in [3.63, 3.8) is 0 Å². The molecule has 1 aliphatic rings. The Morgan fingerprint density at radius 1 is 0.955 bits per heavy atom. The highest BCUT2D eigenvalue weighted by molar-refractivity contribution is 7.89. The smallest absolute Gasteiger partial charge is 0.261 e. The molecule has 0 bridgehead atoms. The zero-order chi connectivity index (χ0) is 31.4. The van der Waals surface area contributed by atoms with E-state index >= 15 is 0 Å². The minimum absolute atomic E-state index is 0.0709. The molecule has 4 rings (SSSR count). The average Bonchev–Trinajstić information content (AvgIpc) is 3.06. The molecular weight excluding hydrogens is 586 g/mol. The maximum absolute atomic E-state index is 13.8. The molecule has 1 fully saturated rings. The van der Waals surface area contributed by atoms with E-state index in [9.17, 15) is 23.1 Å². The number of aliphatic hydroxyl groups excluding tert-OH is 1. The van der Waals surface area contributed by atoms with Crippen molar-refractivity contribution in [2.45, 2.75) is 30.3 Å². The lowest BCUT2D eigenvalue weighted by Crippen LogP contribution is -2.51. The minimum Gasteiger partial charge on any atom is -0.497 e. The molecule has 0 spiro atoms. The van der Waals surface area contributed by atoms with Crippen LogP contribution in [0.25, 0.3) is 0 Å². The van der Waals surface area contributed by atoms with Crippen LogP contribution < -0.4 is 14.8 Å². The molecule has 2 N–H and O–H groups in total. The Labute approximate surface area is 258 Å². The van der Waals surface area contributed by atoms with Crippen LogP contribution in [0.15, 0.2) is 83.8 Å². The lowest BCUT2D eigenvalue weighted by Gasteiger charge is -2.31. The summed E-state index contributed by atoms with van der Waals surface area (Å²) in [6.07, 6.45) is 0.651. The Bertz CT molecular complexity index is 1450. The van der Waals surface area contributed by atoms with Crippen molar-refractivity contribution in [1.29, 1.82) is 0 Å². The lowest BCUT2D eigenvalue weighted by molar-refractivity contribution is -0.142. The van der Waals surface area contributed by atoms with Gasteiger partial charge >= 0.3 is 0 Å². The first kappa shape index (κ1) is 32.9. The third-order valence-corrected chi connectivity index (χ3v) is 9.12. The first-order valence-corrected chi connectivity index (χ1v) is 15.9. The molecule has 0 radical (unpaired) electrons. The van der Waals surface area contributed by atoms with Crippen LogP contribution in [0.1, 0.15) is 17.5 Å². The van der Waals surface area contributed by atoms with Crippen LogP contribution in [0.4, 0.5) is 0 Å². The number of methoxy groups -OCH3 is 1. The summed E-state index contributed by atoms with van der Waals surface area (Å²) in [4.78, 5) is 28.9. The summed E-state index contributed by atoms with van der Waals surface area (Å²) in [6, 6.07) is 21.7. The highest BCUT2D eigenvalue weighted by Gasteiger charge is 2.31. The van der Waals surface area contributed by atoms with Gasteiger partial charge in [-0.25, -0.2) is 8.42 Å². The van der Waals surface area contributed by atoms with Gasteiger partial charge in [0.1, 0.15) is 17.5 Å². The number of nitrogens with one attached hydrogen (secondary N) is 1. The fourth-order valence-electron chi connectivity index (χ4n) is 4.76. The largest absolute Gasteiger partial charge is 0.497 e. The normalized spacial score (nSPS) is 14.4. The maximum atomic E-state index is 13.8. The van der Waals surface area contributed by atoms with E-state index < -0.39 is 22.0 Å². The highest BCUT2D eigenvalue weighted by Crippen LogP contribution is 2.22. The van der Waals surface area contributed by atoms with Crippen LogP contribution in [0.3, 0.4) is 0 Å². The van der Waals surface area contributed by atoms with Crippen molar-refractivity contribution < 1.29 is 37.3 Å². The van der Waals surface area contributed by atoms with Gasteiger partial charge in [-0.05, 0) is 53.9 Å². The summed E-state index contributed by atoms with van der Waals surface area (Å²) in [5, 5.41) is 12.1. The van der Waals surface area contributed by atoms with Crippen LogP contribution in [-0.4, -0.2) is 93.8 Å². The number of aliphatic hydroxyl groups is 1. The van der Waals surface area contributed by atoms with Crippen molar-refractivity contribution in [3.05, 3.63) is 90.0 Å². The molecule has 3 aromatic carbocycles. The number of morpholine rings is 1. The number of carbonyl (C=O) groups is 2. The van der Waals surface area contributed by atoms with Crippen LogP contribution in [0.5, 0.6) is 11.5 Å². The number of carbonyl (C=O) groups excluding carboxylic acids is 2. The van der Waals surface area contributed by atoms with Crippen LogP contribution in [0.2, 0.25) is 0 Å². The van der Waals surface area contributed by atoms with Crippen molar-refractivity contribution in [1.82, 2.24) is 14.5 Å². The van der Waals surface area contributed by atoms with Gasteiger partial charge in [0, 0.05) is 39.2 Å². The molecule has 0 aromatic heterocycles. The Morgan fingerprint density at radius 2 is 1.61 bits per heavy atom. The predicted octanol–water partition coefficient (Wildman–Crippen LogP) is 2.23. The quantitative estimate of drug-likeness (QED) is 0.246. The lowest BCUT2D eigenvalue weighted by atomic mass is 10.0. The predicted molar refractivity (Wildman–Crippen MR) is 164 cm³/mol. The van der Waals surface area contributed by atoms with E-state index in [0.717, 1.165) is 11.1 Å². The fourth-order valence-corrected chi connectivity index (χ4v) is 6.17. The van der Waals surface area contributed by atoms with Crippen LogP contribution in [0, 0.1) is 0 Å². The first-order valence-electron chi connectivity index (χ1n) is 14.5. The maximum Gasteiger partial charge on any atom is 0.261 e. The Morgan fingerprint density at radius 3 is 2.25 bits per heavy atom. The Kier molecular flexibility index (Phi) is 12.1.